The predicted molar refractivity (Wildman–Crippen MR) is 437 cm³/mol. The monoisotopic (exact) mass is 1550 g/mol. The highest BCUT2D eigenvalue weighted by Crippen LogP contribution is 2.45. The Bertz CT molecular complexity index is 2030. The first-order chi connectivity index (χ1) is 51.4. The molecule has 0 saturated heterocycles. The fraction of sp³-hybridized carbons (Fsp3) is 0.954. The van der Waals surface area contributed by atoms with Crippen molar-refractivity contribution in [3.8, 4) is 0 Å². The smallest absolute Gasteiger partial charge is 0.462 e. The first-order valence-corrected chi connectivity index (χ1v) is 48.0. The van der Waals surface area contributed by atoms with Gasteiger partial charge in [0.05, 0.1) is 26.4 Å². The van der Waals surface area contributed by atoms with E-state index in [2.05, 4.69) is 41.5 Å². The van der Waals surface area contributed by atoms with Crippen molar-refractivity contribution >= 4 is 39.5 Å². The van der Waals surface area contributed by atoms with E-state index in [9.17, 15) is 43.2 Å². The van der Waals surface area contributed by atoms with Crippen molar-refractivity contribution in [2.75, 3.05) is 39.6 Å². The van der Waals surface area contributed by atoms with Crippen LogP contribution < -0.4 is 0 Å². The van der Waals surface area contributed by atoms with E-state index in [4.69, 9.17) is 37.0 Å². The first kappa shape index (κ1) is 104. The van der Waals surface area contributed by atoms with Crippen molar-refractivity contribution in [1.82, 2.24) is 0 Å². The molecule has 0 aliphatic heterocycles. The third kappa shape index (κ3) is 80.1. The maximum absolute atomic E-state index is 13.2. The lowest BCUT2D eigenvalue weighted by Gasteiger charge is -2.21. The van der Waals surface area contributed by atoms with E-state index in [0.29, 0.717) is 25.7 Å². The van der Waals surface area contributed by atoms with Gasteiger partial charge in [0.25, 0.3) is 0 Å². The molecule has 0 rings (SSSR count). The molecule has 0 amide bonds. The lowest BCUT2D eigenvalue weighted by molar-refractivity contribution is -0.161. The number of esters is 4. The van der Waals surface area contributed by atoms with Gasteiger partial charge in [0, 0.05) is 25.7 Å². The van der Waals surface area contributed by atoms with Crippen LogP contribution in [0.3, 0.4) is 0 Å². The average molecular weight is 1550 g/mol. The second kappa shape index (κ2) is 78.3. The van der Waals surface area contributed by atoms with Crippen LogP contribution in [0.1, 0.15) is 465 Å². The summed E-state index contributed by atoms with van der Waals surface area (Å²) in [6, 6.07) is 0. The Kier molecular flexibility index (Phi) is 76.9. The van der Waals surface area contributed by atoms with Gasteiger partial charge in [-0.25, -0.2) is 9.13 Å². The number of carbonyl (C=O) groups excluding carboxylic acids is 4. The van der Waals surface area contributed by atoms with Gasteiger partial charge in [-0.05, 0) is 37.5 Å². The molecule has 0 bridgehead atoms. The number of hydrogen-bond acceptors (Lipinski definition) is 15. The van der Waals surface area contributed by atoms with Gasteiger partial charge in [-0.2, -0.15) is 0 Å². The average Bonchev–Trinajstić information content (AvgIpc) is 0.898. The zero-order valence-electron chi connectivity index (χ0n) is 69.7. The Morgan fingerprint density at radius 2 is 0.434 bits per heavy atom. The van der Waals surface area contributed by atoms with E-state index >= 15 is 0 Å². The van der Waals surface area contributed by atoms with Gasteiger partial charge < -0.3 is 33.8 Å². The molecule has 0 spiro atoms. The molecule has 0 fully saturated rings. The van der Waals surface area contributed by atoms with Crippen LogP contribution in [-0.2, 0) is 65.4 Å². The lowest BCUT2D eigenvalue weighted by Crippen LogP contribution is -2.30. The van der Waals surface area contributed by atoms with Crippen LogP contribution in [0.5, 0.6) is 0 Å². The van der Waals surface area contributed by atoms with Gasteiger partial charge >= 0.3 is 39.5 Å². The Labute approximate surface area is 651 Å². The quantitative estimate of drug-likeness (QED) is 0.0222. The molecule has 3 N–H and O–H groups in total. The van der Waals surface area contributed by atoms with Crippen molar-refractivity contribution < 1.29 is 80.2 Å². The van der Waals surface area contributed by atoms with Crippen molar-refractivity contribution in [3.63, 3.8) is 0 Å². The fourth-order valence-electron chi connectivity index (χ4n) is 13.6. The summed E-state index contributed by atoms with van der Waals surface area (Å²) in [6.45, 7) is 9.72. The molecular weight excluding hydrogens is 1380 g/mol. The molecule has 17 nitrogen and oxygen atoms in total. The van der Waals surface area contributed by atoms with Crippen LogP contribution in [0, 0.1) is 11.8 Å². The van der Waals surface area contributed by atoms with Crippen LogP contribution >= 0.6 is 15.6 Å². The summed E-state index contributed by atoms with van der Waals surface area (Å²) in [5, 5.41) is 10.7. The summed E-state index contributed by atoms with van der Waals surface area (Å²) in [5.74, 6) is -0.499. The molecule has 0 radical (unpaired) electrons. The van der Waals surface area contributed by atoms with E-state index in [1.807, 2.05) is 0 Å². The molecular formula is C87H170O17P2. The summed E-state index contributed by atoms with van der Waals surface area (Å²) in [7, 11) is -9.93. The highest BCUT2D eigenvalue weighted by atomic mass is 31.2. The van der Waals surface area contributed by atoms with Gasteiger partial charge in [0.15, 0.2) is 12.2 Å². The third-order valence-electron chi connectivity index (χ3n) is 20.5. The summed E-state index contributed by atoms with van der Waals surface area (Å²) in [4.78, 5) is 73.2. The zero-order valence-corrected chi connectivity index (χ0v) is 71.5. The van der Waals surface area contributed by atoms with Crippen LogP contribution in [-0.4, -0.2) is 96.7 Å². The van der Waals surface area contributed by atoms with E-state index in [1.165, 1.54) is 283 Å². The van der Waals surface area contributed by atoms with Gasteiger partial charge in [0.2, 0.25) is 0 Å². The third-order valence-corrected chi connectivity index (χ3v) is 22.4. The Hall–Kier alpha value is -1.94. The SMILES string of the molecule is CCCCCCCCCCCCCCCCCCCCCCCC(=O)O[C@H](COC(=O)CCCCCCCCCCCCCCCCCC(C)C)COP(=O)(O)OC[C@@H](O)COP(=O)(O)OC[C@@H](COC(=O)CCCCCCCCCCCC)OC(=O)CCCCCCCCCCCCCCCCC(C)C. The summed E-state index contributed by atoms with van der Waals surface area (Å²) in [6.07, 6.45) is 70.8. The molecule has 19 heteroatoms. The number of aliphatic hydroxyl groups excluding tert-OH is 1. The Balaban J connectivity index is 5.22. The first-order valence-electron chi connectivity index (χ1n) is 45.0. The van der Waals surface area contributed by atoms with Crippen LogP contribution in [0.25, 0.3) is 0 Å². The van der Waals surface area contributed by atoms with Crippen LogP contribution in [0.15, 0.2) is 0 Å². The summed E-state index contributed by atoms with van der Waals surface area (Å²) >= 11 is 0. The van der Waals surface area contributed by atoms with E-state index < -0.39 is 97.5 Å². The number of ether oxygens (including phenoxy) is 4. The topological polar surface area (TPSA) is 237 Å². The maximum Gasteiger partial charge on any atom is 0.472 e. The molecule has 5 atom stereocenters. The Morgan fingerprint density at radius 1 is 0.255 bits per heavy atom. The van der Waals surface area contributed by atoms with Gasteiger partial charge in [0.1, 0.15) is 19.3 Å². The minimum atomic E-state index is -4.97. The number of carbonyl (C=O) groups is 4. The number of aliphatic hydroxyl groups is 1. The molecule has 630 valence electrons. The number of phosphoric acid groups is 2. The molecule has 0 saturated carbocycles. The van der Waals surface area contributed by atoms with Crippen molar-refractivity contribution in [1.29, 1.82) is 0 Å². The molecule has 2 unspecified atom stereocenters. The number of hydrogen-bond donors (Lipinski definition) is 3. The maximum atomic E-state index is 13.2. The molecule has 0 aliphatic carbocycles. The molecule has 0 aromatic rings. The van der Waals surface area contributed by atoms with Gasteiger partial charge in [-0.15, -0.1) is 0 Å². The minimum absolute atomic E-state index is 0.108. The van der Waals surface area contributed by atoms with Crippen molar-refractivity contribution in [3.05, 3.63) is 0 Å². The Morgan fingerprint density at radius 3 is 0.642 bits per heavy atom. The van der Waals surface area contributed by atoms with E-state index in [-0.39, 0.29) is 25.7 Å². The summed E-state index contributed by atoms with van der Waals surface area (Å²) in [5.41, 5.74) is 0. The molecule has 0 aliphatic rings. The minimum Gasteiger partial charge on any atom is -0.462 e. The fourth-order valence-corrected chi connectivity index (χ4v) is 15.2. The molecule has 0 aromatic heterocycles. The van der Waals surface area contributed by atoms with Crippen LogP contribution in [0.4, 0.5) is 0 Å². The highest BCUT2D eigenvalue weighted by Gasteiger charge is 2.30. The lowest BCUT2D eigenvalue weighted by atomic mass is 10.0. The van der Waals surface area contributed by atoms with Crippen LogP contribution in [0.2, 0.25) is 0 Å². The largest absolute Gasteiger partial charge is 0.472 e. The highest BCUT2D eigenvalue weighted by molar-refractivity contribution is 7.47. The summed E-state index contributed by atoms with van der Waals surface area (Å²) < 4.78 is 68.9. The molecule has 106 heavy (non-hydrogen) atoms. The second-order valence-electron chi connectivity index (χ2n) is 32.2. The number of phosphoric ester groups is 2. The van der Waals surface area contributed by atoms with Crippen molar-refractivity contribution in [2.45, 2.75) is 484 Å². The number of rotatable bonds is 86. The van der Waals surface area contributed by atoms with Crippen molar-refractivity contribution in [2.24, 2.45) is 11.8 Å². The van der Waals surface area contributed by atoms with E-state index in [0.717, 1.165) is 102 Å². The van der Waals surface area contributed by atoms with Gasteiger partial charge in [-0.1, -0.05) is 414 Å². The number of unbranched alkanes of at least 4 members (excludes halogenated alkanes) is 56. The van der Waals surface area contributed by atoms with E-state index in [1.54, 1.807) is 0 Å². The standard InChI is InChI=1S/C87H170O17P2/c1-7-9-11-13-15-17-19-20-21-22-23-24-25-26-29-36-41-47-53-59-65-71-86(91)104-83(76-98-85(90)70-64-58-52-46-40-35-30-27-28-33-38-43-49-55-61-67-79(3)4)78-102-106(95,96)100-74-81(88)73-99-105(93,94)101-77-82(75-97-84(89)69-63-57-51-45-18-16-14-12-10-8-2)103-87(92)72-66-60-54-48-42-37-32-31-34-39-44-50-56-62-68-80(5)6/h79-83,88H,7-78H2,1-6H3,(H,93,94)(H,95,96)/t81-,82+,83+/m0/s1. The second-order valence-corrected chi connectivity index (χ2v) is 35.1. The zero-order chi connectivity index (χ0) is 77.8. The molecule has 0 heterocycles. The normalized spacial score (nSPS) is 13.8. The predicted octanol–water partition coefficient (Wildman–Crippen LogP) is 26.6. The molecule has 0 aromatic carbocycles. The van der Waals surface area contributed by atoms with Gasteiger partial charge in [-0.3, -0.25) is 37.3 Å².